The number of hydrazone groups is 1. The average Bonchev–Trinajstić information content (AvgIpc) is 2.78. The second-order valence-corrected chi connectivity index (χ2v) is 8.70. The number of aryl methyl sites for hydroxylation is 1. The summed E-state index contributed by atoms with van der Waals surface area (Å²) in [4.78, 5) is 12.0. The molecule has 0 fully saturated rings. The van der Waals surface area contributed by atoms with E-state index >= 15 is 0 Å². The molecular formula is C27H30N2O3. The summed E-state index contributed by atoms with van der Waals surface area (Å²) in [6.45, 7) is 8.94. The van der Waals surface area contributed by atoms with Crippen LogP contribution in [0.4, 0.5) is 0 Å². The number of nitrogens with one attached hydrogen (secondary N) is 1. The molecule has 1 N–H and O–H groups in total. The van der Waals surface area contributed by atoms with Crippen LogP contribution in [0.1, 0.15) is 43.0 Å². The Morgan fingerprint density at radius 3 is 2.09 bits per heavy atom. The van der Waals surface area contributed by atoms with Gasteiger partial charge in [-0.25, -0.2) is 5.43 Å². The number of nitrogens with zero attached hydrogens (tertiary/aromatic N) is 1. The summed E-state index contributed by atoms with van der Waals surface area (Å²) in [5, 5.41) is 3.99. The molecule has 0 aliphatic heterocycles. The Bertz CT molecular complexity index is 1030. The number of hydrogen-bond acceptors (Lipinski definition) is 4. The number of carbonyl (C=O) groups is 1. The number of rotatable bonds is 8. The van der Waals surface area contributed by atoms with Gasteiger partial charge in [-0.05, 0) is 65.4 Å². The first-order valence-electron chi connectivity index (χ1n) is 10.6. The van der Waals surface area contributed by atoms with E-state index in [1.807, 2.05) is 48.5 Å². The van der Waals surface area contributed by atoms with Crippen molar-refractivity contribution in [2.24, 2.45) is 5.10 Å². The van der Waals surface area contributed by atoms with Crippen molar-refractivity contribution in [2.45, 2.75) is 39.7 Å². The Labute approximate surface area is 190 Å². The summed E-state index contributed by atoms with van der Waals surface area (Å²) in [5.41, 5.74) is 6.97. The first kappa shape index (κ1) is 23.1. The molecule has 0 saturated carbocycles. The van der Waals surface area contributed by atoms with Gasteiger partial charge >= 0.3 is 0 Å². The lowest BCUT2D eigenvalue weighted by atomic mass is 9.87. The molecular weight excluding hydrogens is 400 g/mol. The fraction of sp³-hybridized carbons (Fsp3) is 0.259. The first-order valence-corrected chi connectivity index (χ1v) is 10.6. The van der Waals surface area contributed by atoms with E-state index in [9.17, 15) is 4.79 Å². The van der Waals surface area contributed by atoms with Gasteiger partial charge in [0, 0.05) is 0 Å². The van der Waals surface area contributed by atoms with Crippen molar-refractivity contribution in [1.29, 1.82) is 0 Å². The monoisotopic (exact) mass is 430 g/mol. The van der Waals surface area contributed by atoms with Crippen molar-refractivity contribution < 1.29 is 14.3 Å². The molecule has 0 heterocycles. The molecule has 5 nitrogen and oxygen atoms in total. The number of benzene rings is 3. The predicted molar refractivity (Wildman–Crippen MR) is 128 cm³/mol. The van der Waals surface area contributed by atoms with Gasteiger partial charge in [-0.3, -0.25) is 4.79 Å². The van der Waals surface area contributed by atoms with Crippen LogP contribution < -0.4 is 14.9 Å². The van der Waals surface area contributed by atoms with Gasteiger partial charge in [0.15, 0.2) is 6.61 Å². The number of amides is 1. The van der Waals surface area contributed by atoms with Crippen LogP contribution in [0, 0.1) is 6.92 Å². The minimum Gasteiger partial charge on any atom is -0.489 e. The zero-order valence-electron chi connectivity index (χ0n) is 19.1. The molecule has 3 aromatic rings. The second-order valence-electron chi connectivity index (χ2n) is 8.70. The molecule has 0 unspecified atom stereocenters. The average molecular weight is 431 g/mol. The highest BCUT2D eigenvalue weighted by Crippen LogP contribution is 2.24. The summed E-state index contributed by atoms with van der Waals surface area (Å²) >= 11 is 0. The standard InChI is InChI=1S/C27H30N2O3/c1-20-5-7-22(8-6-20)18-31-24-13-9-21(10-14-24)17-28-29-26(30)19-32-25-15-11-23(12-16-25)27(2,3)4/h5-17H,18-19H2,1-4H3,(H,29,30)/b28-17+. The zero-order chi connectivity index (χ0) is 23.0. The van der Waals surface area contributed by atoms with Crippen molar-refractivity contribution in [2.75, 3.05) is 6.61 Å². The van der Waals surface area contributed by atoms with Crippen LogP contribution in [0.2, 0.25) is 0 Å². The third-order valence-electron chi connectivity index (χ3n) is 4.90. The highest BCUT2D eigenvalue weighted by molar-refractivity contribution is 5.83. The van der Waals surface area contributed by atoms with Gasteiger partial charge in [0.25, 0.3) is 5.91 Å². The molecule has 0 aromatic heterocycles. The maximum atomic E-state index is 12.0. The Morgan fingerprint density at radius 1 is 0.875 bits per heavy atom. The number of ether oxygens (including phenoxy) is 2. The summed E-state index contributed by atoms with van der Waals surface area (Å²) in [5.74, 6) is 1.11. The van der Waals surface area contributed by atoms with Crippen molar-refractivity contribution in [3.8, 4) is 11.5 Å². The zero-order valence-corrected chi connectivity index (χ0v) is 19.1. The maximum Gasteiger partial charge on any atom is 0.277 e. The lowest BCUT2D eigenvalue weighted by Gasteiger charge is -2.19. The molecule has 0 aliphatic rings. The first-order chi connectivity index (χ1) is 15.3. The van der Waals surface area contributed by atoms with E-state index in [2.05, 4.69) is 62.5 Å². The fourth-order valence-corrected chi connectivity index (χ4v) is 2.91. The lowest BCUT2D eigenvalue weighted by Crippen LogP contribution is -2.24. The molecule has 166 valence electrons. The van der Waals surface area contributed by atoms with Gasteiger partial charge in [-0.15, -0.1) is 0 Å². The van der Waals surface area contributed by atoms with E-state index in [0.29, 0.717) is 12.4 Å². The molecule has 1 amide bonds. The molecule has 0 atom stereocenters. The number of hydrogen-bond donors (Lipinski definition) is 1. The van der Waals surface area contributed by atoms with E-state index in [4.69, 9.17) is 9.47 Å². The Kier molecular flexibility index (Phi) is 7.66. The van der Waals surface area contributed by atoms with Crippen LogP contribution in [0.5, 0.6) is 11.5 Å². The van der Waals surface area contributed by atoms with Gasteiger partial charge < -0.3 is 9.47 Å². The normalized spacial score (nSPS) is 11.4. The van der Waals surface area contributed by atoms with Gasteiger partial charge in [-0.1, -0.05) is 62.7 Å². The third kappa shape index (κ3) is 7.27. The van der Waals surface area contributed by atoms with Crippen molar-refractivity contribution in [1.82, 2.24) is 5.43 Å². The van der Waals surface area contributed by atoms with Crippen LogP contribution in [0.15, 0.2) is 77.9 Å². The van der Waals surface area contributed by atoms with Crippen molar-refractivity contribution in [3.63, 3.8) is 0 Å². The molecule has 3 aromatic carbocycles. The largest absolute Gasteiger partial charge is 0.489 e. The summed E-state index contributed by atoms with van der Waals surface area (Å²) in [6.07, 6.45) is 1.58. The fourth-order valence-electron chi connectivity index (χ4n) is 2.91. The van der Waals surface area contributed by atoms with Gasteiger partial charge in [-0.2, -0.15) is 5.10 Å². The molecule has 0 saturated heterocycles. The summed E-state index contributed by atoms with van der Waals surface area (Å²) < 4.78 is 11.3. The van der Waals surface area contributed by atoms with Crippen LogP contribution in [-0.4, -0.2) is 18.7 Å². The molecule has 3 rings (SSSR count). The highest BCUT2D eigenvalue weighted by Gasteiger charge is 2.13. The van der Waals surface area contributed by atoms with Crippen LogP contribution in [-0.2, 0) is 16.8 Å². The lowest BCUT2D eigenvalue weighted by molar-refractivity contribution is -0.123. The van der Waals surface area contributed by atoms with Crippen molar-refractivity contribution >= 4 is 12.1 Å². The maximum absolute atomic E-state index is 12.0. The van der Waals surface area contributed by atoms with Gasteiger partial charge in [0.05, 0.1) is 6.21 Å². The molecule has 0 bridgehead atoms. The van der Waals surface area contributed by atoms with E-state index in [1.54, 1.807) is 6.21 Å². The number of carbonyl (C=O) groups excluding carboxylic acids is 1. The minimum atomic E-state index is -0.320. The molecule has 5 heteroatoms. The molecule has 0 radical (unpaired) electrons. The smallest absolute Gasteiger partial charge is 0.277 e. The van der Waals surface area contributed by atoms with Gasteiger partial charge in [0.1, 0.15) is 18.1 Å². The SMILES string of the molecule is Cc1ccc(COc2ccc(/C=N/NC(=O)COc3ccc(C(C)(C)C)cc3)cc2)cc1. The highest BCUT2D eigenvalue weighted by atomic mass is 16.5. The summed E-state index contributed by atoms with van der Waals surface area (Å²) in [7, 11) is 0. The topological polar surface area (TPSA) is 59.9 Å². The quantitative estimate of drug-likeness (QED) is 0.384. The molecule has 32 heavy (non-hydrogen) atoms. The van der Waals surface area contributed by atoms with Crippen molar-refractivity contribution in [3.05, 3.63) is 95.1 Å². The van der Waals surface area contributed by atoms with Crippen LogP contribution in [0.25, 0.3) is 0 Å². The minimum absolute atomic E-state index is 0.0794. The van der Waals surface area contributed by atoms with Crippen LogP contribution >= 0.6 is 0 Å². The molecule has 0 aliphatic carbocycles. The van der Waals surface area contributed by atoms with E-state index in [0.717, 1.165) is 16.9 Å². The predicted octanol–water partition coefficient (Wildman–Crippen LogP) is 5.40. The third-order valence-corrected chi connectivity index (χ3v) is 4.90. The summed E-state index contributed by atoms with van der Waals surface area (Å²) in [6, 6.07) is 23.6. The Hall–Kier alpha value is -3.60. The van der Waals surface area contributed by atoms with E-state index < -0.39 is 0 Å². The molecule has 0 spiro atoms. The Morgan fingerprint density at radius 2 is 1.47 bits per heavy atom. The van der Waals surface area contributed by atoms with E-state index in [-0.39, 0.29) is 17.9 Å². The Balaban J connectivity index is 1.41. The van der Waals surface area contributed by atoms with Gasteiger partial charge in [0.2, 0.25) is 0 Å². The second kappa shape index (κ2) is 10.6. The van der Waals surface area contributed by atoms with E-state index in [1.165, 1.54) is 11.1 Å². The van der Waals surface area contributed by atoms with Crippen LogP contribution in [0.3, 0.4) is 0 Å².